The molecule has 1 N–H and O–H groups in total. The lowest BCUT2D eigenvalue weighted by atomic mass is 10.2. The van der Waals surface area contributed by atoms with Crippen LogP contribution in [0.2, 0.25) is 0 Å². The third-order valence-corrected chi connectivity index (χ3v) is 2.19. The van der Waals surface area contributed by atoms with Crippen LogP contribution in [0.1, 0.15) is 11.3 Å². The third kappa shape index (κ3) is 2.17. The Labute approximate surface area is 93.6 Å². The molecule has 2 rings (SSSR count). The Balaban J connectivity index is 2.30. The van der Waals surface area contributed by atoms with Crippen molar-refractivity contribution in [2.45, 2.75) is 13.5 Å². The number of aromatic nitrogens is 2. The van der Waals surface area contributed by atoms with Gasteiger partial charge in [-0.25, -0.2) is 4.98 Å². The Morgan fingerprint density at radius 3 is 2.69 bits per heavy atom. The van der Waals surface area contributed by atoms with Gasteiger partial charge >= 0.3 is 0 Å². The van der Waals surface area contributed by atoms with Crippen molar-refractivity contribution in [3.63, 3.8) is 0 Å². The Bertz CT molecular complexity index is 486. The highest BCUT2D eigenvalue weighted by molar-refractivity contribution is 5.36. The normalized spacial score (nSPS) is 10.1. The van der Waals surface area contributed by atoms with Crippen LogP contribution in [-0.4, -0.2) is 15.1 Å². The smallest absolute Gasteiger partial charge is 0.240 e. The fourth-order valence-corrected chi connectivity index (χ4v) is 1.33. The number of aliphatic hydroxyl groups is 1. The predicted octanol–water partition coefficient (Wildman–Crippen LogP) is 2.07. The maximum Gasteiger partial charge on any atom is 0.240 e. The van der Waals surface area contributed by atoms with E-state index in [0.29, 0.717) is 11.6 Å². The van der Waals surface area contributed by atoms with Crippen LogP contribution >= 0.6 is 0 Å². The average Bonchev–Trinajstić information content (AvgIpc) is 2.33. The molecule has 0 spiro atoms. The molecule has 2 aromatic rings. The van der Waals surface area contributed by atoms with Crippen LogP contribution in [-0.2, 0) is 6.61 Å². The van der Waals surface area contributed by atoms with Gasteiger partial charge in [0.15, 0.2) is 0 Å². The molecule has 4 heteroatoms. The van der Waals surface area contributed by atoms with Gasteiger partial charge in [-0.2, -0.15) is 0 Å². The number of para-hydroxylation sites is 1. The second kappa shape index (κ2) is 4.72. The molecule has 0 saturated heterocycles. The summed E-state index contributed by atoms with van der Waals surface area (Å²) in [7, 11) is 0. The van der Waals surface area contributed by atoms with Gasteiger partial charge in [0.05, 0.1) is 12.3 Å². The lowest BCUT2D eigenvalue weighted by Crippen LogP contribution is -1.96. The van der Waals surface area contributed by atoms with Gasteiger partial charge in [0, 0.05) is 18.0 Å². The Morgan fingerprint density at radius 2 is 1.94 bits per heavy atom. The molecule has 82 valence electrons. The second-order valence-electron chi connectivity index (χ2n) is 3.31. The Hall–Kier alpha value is -1.94. The predicted molar refractivity (Wildman–Crippen MR) is 59.2 cm³/mol. The minimum Gasteiger partial charge on any atom is -0.437 e. The fourth-order valence-electron chi connectivity index (χ4n) is 1.33. The monoisotopic (exact) mass is 216 g/mol. The summed E-state index contributed by atoms with van der Waals surface area (Å²) in [6, 6.07) is 7.29. The highest BCUT2D eigenvalue weighted by atomic mass is 16.5. The first-order chi connectivity index (χ1) is 7.81. The zero-order valence-electron chi connectivity index (χ0n) is 8.92. The number of benzene rings is 1. The average molecular weight is 216 g/mol. The first-order valence-corrected chi connectivity index (χ1v) is 4.95. The lowest BCUT2D eigenvalue weighted by Gasteiger charge is -2.09. The van der Waals surface area contributed by atoms with Crippen LogP contribution in [0.25, 0.3) is 0 Å². The first kappa shape index (κ1) is 10.6. The lowest BCUT2D eigenvalue weighted by molar-refractivity contribution is 0.276. The van der Waals surface area contributed by atoms with Crippen molar-refractivity contribution in [1.82, 2.24) is 9.97 Å². The van der Waals surface area contributed by atoms with Gasteiger partial charge in [0.2, 0.25) is 5.88 Å². The molecule has 0 aliphatic rings. The van der Waals surface area contributed by atoms with E-state index < -0.39 is 0 Å². The molecule has 1 aromatic heterocycles. The maximum atomic E-state index is 9.15. The Morgan fingerprint density at radius 1 is 1.19 bits per heavy atom. The summed E-state index contributed by atoms with van der Waals surface area (Å²) in [5.41, 5.74) is 1.45. The summed E-state index contributed by atoms with van der Waals surface area (Å²) in [5.74, 6) is 1.07. The van der Waals surface area contributed by atoms with E-state index in [9.17, 15) is 0 Å². The van der Waals surface area contributed by atoms with Gasteiger partial charge in [0.25, 0.3) is 0 Å². The van der Waals surface area contributed by atoms with E-state index in [4.69, 9.17) is 9.84 Å². The van der Waals surface area contributed by atoms with Crippen LogP contribution in [0, 0.1) is 6.92 Å². The van der Waals surface area contributed by atoms with Crippen molar-refractivity contribution in [2.24, 2.45) is 0 Å². The van der Waals surface area contributed by atoms with Crippen molar-refractivity contribution in [1.29, 1.82) is 0 Å². The molecule has 0 amide bonds. The van der Waals surface area contributed by atoms with Gasteiger partial charge in [-0.1, -0.05) is 18.2 Å². The van der Waals surface area contributed by atoms with Crippen LogP contribution < -0.4 is 4.74 Å². The quantitative estimate of drug-likeness (QED) is 0.853. The molecule has 0 radical (unpaired) electrons. The SMILES string of the molecule is Cc1nccnc1Oc1ccccc1CO. The van der Waals surface area contributed by atoms with Crippen molar-refractivity contribution >= 4 is 0 Å². The number of ether oxygens (including phenoxy) is 1. The van der Waals surface area contributed by atoms with Crippen LogP contribution in [0.15, 0.2) is 36.7 Å². The summed E-state index contributed by atoms with van der Waals surface area (Å²) in [6.45, 7) is 1.76. The van der Waals surface area contributed by atoms with E-state index >= 15 is 0 Å². The number of hydrogen-bond acceptors (Lipinski definition) is 4. The Kier molecular flexibility index (Phi) is 3.12. The van der Waals surface area contributed by atoms with Crippen molar-refractivity contribution in [3.05, 3.63) is 47.9 Å². The first-order valence-electron chi connectivity index (χ1n) is 4.95. The molecule has 4 nitrogen and oxygen atoms in total. The zero-order chi connectivity index (χ0) is 11.4. The summed E-state index contributed by atoms with van der Waals surface area (Å²) < 4.78 is 5.60. The molecule has 0 atom stereocenters. The molecule has 16 heavy (non-hydrogen) atoms. The van der Waals surface area contributed by atoms with Crippen LogP contribution in [0.4, 0.5) is 0 Å². The van der Waals surface area contributed by atoms with E-state index in [2.05, 4.69) is 9.97 Å². The van der Waals surface area contributed by atoms with E-state index in [0.717, 1.165) is 11.3 Å². The second-order valence-corrected chi connectivity index (χ2v) is 3.31. The standard InChI is InChI=1S/C12H12N2O2/c1-9-12(14-7-6-13-9)16-11-5-3-2-4-10(11)8-15/h2-7,15H,8H2,1H3. The van der Waals surface area contributed by atoms with E-state index in [1.165, 1.54) is 0 Å². The molecule has 1 heterocycles. The third-order valence-electron chi connectivity index (χ3n) is 2.19. The molecule has 0 saturated carbocycles. The van der Waals surface area contributed by atoms with Gasteiger partial charge < -0.3 is 9.84 Å². The van der Waals surface area contributed by atoms with Crippen LogP contribution in [0.3, 0.4) is 0 Å². The molecule has 1 aromatic carbocycles. The summed E-state index contributed by atoms with van der Waals surface area (Å²) in [6.07, 6.45) is 3.18. The molecule has 0 aliphatic heterocycles. The molecular formula is C12H12N2O2. The number of hydrogen-bond donors (Lipinski definition) is 1. The maximum absolute atomic E-state index is 9.15. The number of nitrogens with zero attached hydrogens (tertiary/aromatic N) is 2. The van der Waals surface area contributed by atoms with Gasteiger partial charge in [-0.15, -0.1) is 0 Å². The van der Waals surface area contributed by atoms with Gasteiger partial charge in [-0.05, 0) is 13.0 Å². The van der Waals surface area contributed by atoms with Crippen LogP contribution in [0.5, 0.6) is 11.6 Å². The van der Waals surface area contributed by atoms with Crippen molar-refractivity contribution < 1.29 is 9.84 Å². The highest BCUT2D eigenvalue weighted by Crippen LogP contribution is 2.24. The topological polar surface area (TPSA) is 55.2 Å². The summed E-state index contributed by atoms with van der Waals surface area (Å²) in [5, 5.41) is 9.15. The fraction of sp³-hybridized carbons (Fsp3) is 0.167. The van der Waals surface area contributed by atoms with E-state index in [-0.39, 0.29) is 6.61 Å². The molecule has 0 fully saturated rings. The zero-order valence-corrected chi connectivity index (χ0v) is 8.92. The molecular weight excluding hydrogens is 204 g/mol. The van der Waals surface area contributed by atoms with Gasteiger partial charge in [-0.3, -0.25) is 4.98 Å². The number of rotatable bonds is 3. The number of aliphatic hydroxyl groups excluding tert-OH is 1. The largest absolute Gasteiger partial charge is 0.437 e. The van der Waals surface area contributed by atoms with Crippen molar-refractivity contribution in [2.75, 3.05) is 0 Å². The minimum absolute atomic E-state index is 0.0600. The number of aryl methyl sites for hydroxylation is 1. The molecule has 0 aliphatic carbocycles. The highest BCUT2D eigenvalue weighted by Gasteiger charge is 2.06. The summed E-state index contributed by atoms with van der Waals surface area (Å²) in [4.78, 5) is 8.16. The molecule has 0 bridgehead atoms. The van der Waals surface area contributed by atoms with E-state index in [1.54, 1.807) is 24.5 Å². The van der Waals surface area contributed by atoms with E-state index in [1.807, 2.05) is 19.1 Å². The minimum atomic E-state index is -0.0600. The van der Waals surface area contributed by atoms with Gasteiger partial charge in [0.1, 0.15) is 5.75 Å². The summed E-state index contributed by atoms with van der Waals surface area (Å²) >= 11 is 0. The van der Waals surface area contributed by atoms with Crippen molar-refractivity contribution in [3.8, 4) is 11.6 Å². The molecule has 0 unspecified atom stereocenters.